The Bertz CT molecular complexity index is 638. The average molecular weight is 299 g/mol. The molecule has 0 aliphatic rings. The van der Waals surface area contributed by atoms with Gasteiger partial charge in [0.1, 0.15) is 5.75 Å². The minimum atomic E-state index is -1.10. The number of carbonyl (C=O) groups excluding carboxylic acids is 1. The predicted molar refractivity (Wildman–Crippen MR) is 69.7 cm³/mol. The lowest BCUT2D eigenvalue weighted by Gasteiger charge is -2.08. The molecule has 0 aliphatic heterocycles. The zero-order valence-electron chi connectivity index (χ0n) is 10.1. The van der Waals surface area contributed by atoms with Crippen molar-refractivity contribution in [2.75, 3.05) is 11.9 Å². The van der Waals surface area contributed by atoms with Gasteiger partial charge in [0.25, 0.3) is 5.91 Å². The van der Waals surface area contributed by atoms with E-state index in [1.807, 2.05) is 0 Å². The molecule has 1 aromatic carbocycles. The maximum absolute atomic E-state index is 13.2. The van der Waals surface area contributed by atoms with Crippen molar-refractivity contribution >= 4 is 23.2 Å². The van der Waals surface area contributed by atoms with E-state index in [0.29, 0.717) is 10.8 Å². The maximum Gasteiger partial charge on any atom is 0.262 e. The molecule has 4 nitrogen and oxygen atoms in total. The van der Waals surface area contributed by atoms with Crippen molar-refractivity contribution in [3.05, 3.63) is 53.3 Å². The van der Waals surface area contributed by atoms with Gasteiger partial charge in [-0.2, -0.15) is 13.8 Å². The smallest absolute Gasteiger partial charge is 0.262 e. The number of ether oxygens (including phenoxy) is 1. The van der Waals surface area contributed by atoms with Crippen LogP contribution in [0, 0.1) is 11.9 Å². The molecule has 0 atom stereocenters. The molecular formula is C13H9ClF2N2O2. The lowest BCUT2D eigenvalue weighted by atomic mass is 10.3. The van der Waals surface area contributed by atoms with Crippen LogP contribution in [-0.4, -0.2) is 17.5 Å². The van der Waals surface area contributed by atoms with E-state index in [1.165, 1.54) is 6.07 Å². The molecule has 0 spiro atoms. The van der Waals surface area contributed by atoms with E-state index in [9.17, 15) is 13.6 Å². The van der Waals surface area contributed by atoms with E-state index < -0.39 is 17.8 Å². The highest BCUT2D eigenvalue weighted by Crippen LogP contribution is 2.17. The summed E-state index contributed by atoms with van der Waals surface area (Å²) in [4.78, 5) is 14.5. The van der Waals surface area contributed by atoms with Crippen molar-refractivity contribution in [3.8, 4) is 5.75 Å². The zero-order chi connectivity index (χ0) is 14.5. The van der Waals surface area contributed by atoms with Gasteiger partial charge < -0.3 is 10.1 Å². The Morgan fingerprint density at radius 2 is 2.10 bits per heavy atom. The van der Waals surface area contributed by atoms with Crippen LogP contribution in [0.25, 0.3) is 0 Å². The summed E-state index contributed by atoms with van der Waals surface area (Å²) in [6.45, 7) is -0.336. The molecule has 7 heteroatoms. The van der Waals surface area contributed by atoms with Crippen LogP contribution in [-0.2, 0) is 4.79 Å². The minimum absolute atomic E-state index is 0.217. The third kappa shape index (κ3) is 3.89. The average Bonchev–Trinajstić information content (AvgIpc) is 2.40. The normalized spacial score (nSPS) is 10.2. The molecule has 1 heterocycles. The molecule has 2 rings (SSSR count). The van der Waals surface area contributed by atoms with E-state index >= 15 is 0 Å². The highest BCUT2D eigenvalue weighted by atomic mass is 35.5. The van der Waals surface area contributed by atoms with E-state index in [0.717, 1.165) is 12.1 Å². The van der Waals surface area contributed by atoms with Gasteiger partial charge in [-0.15, -0.1) is 0 Å². The summed E-state index contributed by atoms with van der Waals surface area (Å²) in [5, 5.41) is 2.69. The molecule has 20 heavy (non-hydrogen) atoms. The number of hydrogen-bond donors (Lipinski definition) is 1. The molecule has 1 amide bonds. The molecular weight excluding hydrogens is 290 g/mol. The van der Waals surface area contributed by atoms with E-state index in [1.54, 1.807) is 18.2 Å². The number of benzene rings is 1. The molecule has 0 saturated carbocycles. The van der Waals surface area contributed by atoms with Gasteiger partial charge in [0.2, 0.25) is 11.9 Å². The fourth-order valence-corrected chi connectivity index (χ4v) is 1.58. The molecule has 0 unspecified atom stereocenters. The Kier molecular flexibility index (Phi) is 4.47. The Morgan fingerprint density at radius 3 is 2.80 bits per heavy atom. The van der Waals surface area contributed by atoms with E-state index in [-0.39, 0.29) is 12.3 Å². The van der Waals surface area contributed by atoms with Crippen molar-refractivity contribution < 1.29 is 18.3 Å². The molecule has 0 bridgehead atoms. The molecule has 0 saturated heterocycles. The largest absolute Gasteiger partial charge is 0.484 e. The number of pyridine rings is 1. The second kappa shape index (κ2) is 6.29. The highest BCUT2D eigenvalue weighted by Gasteiger charge is 2.09. The summed E-state index contributed by atoms with van der Waals surface area (Å²) >= 11 is 5.75. The van der Waals surface area contributed by atoms with Crippen LogP contribution in [0.15, 0.2) is 36.4 Å². The van der Waals surface area contributed by atoms with Crippen LogP contribution in [0.5, 0.6) is 5.75 Å². The standard InChI is InChI=1S/C13H9ClF2N2O2/c14-8-2-1-3-9(6-8)20-7-12(19)17-10-4-5-11(15)18-13(10)16/h1-6H,7H2,(H,17,19). The second-order valence-corrected chi connectivity index (χ2v) is 4.20. The number of rotatable bonds is 4. The van der Waals surface area contributed by atoms with Gasteiger partial charge in [0.05, 0.1) is 5.69 Å². The van der Waals surface area contributed by atoms with Gasteiger partial charge >= 0.3 is 0 Å². The molecule has 1 N–H and O–H groups in total. The van der Waals surface area contributed by atoms with Crippen LogP contribution in [0.3, 0.4) is 0 Å². The number of aromatic nitrogens is 1. The number of carbonyl (C=O) groups is 1. The fraction of sp³-hybridized carbons (Fsp3) is 0.0769. The summed E-state index contributed by atoms with van der Waals surface area (Å²) in [5.41, 5.74) is -0.217. The Morgan fingerprint density at radius 1 is 1.30 bits per heavy atom. The molecule has 0 radical (unpaired) electrons. The third-order valence-corrected chi connectivity index (χ3v) is 2.49. The Balaban J connectivity index is 1.92. The highest BCUT2D eigenvalue weighted by molar-refractivity contribution is 6.30. The third-order valence-electron chi connectivity index (χ3n) is 2.25. The first-order valence-corrected chi connectivity index (χ1v) is 5.92. The van der Waals surface area contributed by atoms with Crippen LogP contribution in [0.1, 0.15) is 0 Å². The first kappa shape index (κ1) is 14.2. The van der Waals surface area contributed by atoms with Crippen molar-refractivity contribution in [2.45, 2.75) is 0 Å². The van der Waals surface area contributed by atoms with Crippen LogP contribution < -0.4 is 10.1 Å². The molecule has 1 aromatic heterocycles. The van der Waals surface area contributed by atoms with Crippen LogP contribution in [0.4, 0.5) is 14.5 Å². The number of nitrogens with zero attached hydrogens (tertiary/aromatic N) is 1. The van der Waals surface area contributed by atoms with Crippen molar-refractivity contribution in [2.24, 2.45) is 0 Å². The SMILES string of the molecule is O=C(COc1cccc(Cl)c1)Nc1ccc(F)nc1F. The van der Waals surface area contributed by atoms with E-state index in [2.05, 4.69) is 10.3 Å². The van der Waals surface area contributed by atoms with Gasteiger partial charge in [0, 0.05) is 5.02 Å². The summed E-state index contributed by atoms with van der Waals surface area (Å²) in [6.07, 6.45) is 0. The molecule has 0 fully saturated rings. The Hall–Kier alpha value is -2.21. The quantitative estimate of drug-likeness (QED) is 0.883. The van der Waals surface area contributed by atoms with Crippen LogP contribution >= 0.6 is 11.6 Å². The zero-order valence-corrected chi connectivity index (χ0v) is 10.8. The van der Waals surface area contributed by atoms with Crippen molar-refractivity contribution in [1.29, 1.82) is 0 Å². The lowest BCUT2D eigenvalue weighted by Crippen LogP contribution is -2.21. The van der Waals surface area contributed by atoms with Crippen molar-refractivity contribution in [1.82, 2.24) is 4.98 Å². The van der Waals surface area contributed by atoms with E-state index in [4.69, 9.17) is 16.3 Å². The number of anilines is 1. The predicted octanol–water partition coefficient (Wildman–Crippen LogP) is 3.03. The maximum atomic E-state index is 13.2. The first-order chi connectivity index (χ1) is 9.54. The lowest BCUT2D eigenvalue weighted by molar-refractivity contribution is -0.118. The van der Waals surface area contributed by atoms with Gasteiger partial charge in [-0.1, -0.05) is 17.7 Å². The molecule has 0 aliphatic carbocycles. The number of nitrogens with one attached hydrogen (secondary N) is 1. The van der Waals surface area contributed by atoms with Gasteiger partial charge in [-0.05, 0) is 30.3 Å². The minimum Gasteiger partial charge on any atom is -0.484 e. The Labute approximate surface area is 118 Å². The summed E-state index contributed by atoms with van der Waals surface area (Å²) < 4.78 is 31.0. The van der Waals surface area contributed by atoms with Crippen molar-refractivity contribution in [3.63, 3.8) is 0 Å². The summed E-state index contributed by atoms with van der Waals surface area (Å²) in [7, 11) is 0. The van der Waals surface area contributed by atoms with Crippen LogP contribution in [0.2, 0.25) is 5.02 Å². The molecule has 2 aromatic rings. The fourth-order valence-electron chi connectivity index (χ4n) is 1.40. The second-order valence-electron chi connectivity index (χ2n) is 3.77. The van der Waals surface area contributed by atoms with Gasteiger partial charge in [-0.25, -0.2) is 0 Å². The number of halogens is 3. The monoisotopic (exact) mass is 298 g/mol. The topological polar surface area (TPSA) is 51.2 Å². The molecule has 104 valence electrons. The first-order valence-electron chi connectivity index (χ1n) is 5.55. The van der Waals surface area contributed by atoms with Gasteiger partial charge in [-0.3, -0.25) is 4.79 Å². The van der Waals surface area contributed by atoms with Gasteiger partial charge in [0.15, 0.2) is 6.61 Å². The summed E-state index contributed by atoms with van der Waals surface area (Å²) in [6, 6.07) is 8.51. The number of hydrogen-bond acceptors (Lipinski definition) is 3. The summed E-state index contributed by atoms with van der Waals surface area (Å²) in [5.74, 6) is -2.25. The number of amides is 1.